The van der Waals surface area contributed by atoms with Crippen LogP contribution in [-0.2, 0) is 32.6 Å². The third-order valence-corrected chi connectivity index (χ3v) is 8.48. The van der Waals surface area contributed by atoms with Crippen molar-refractivity contribution in [2.75, 3.05) is 17.9 Å². The topological polar surface area (TPSA) is 86.8 Å². The first kappa shape index (κ1) is 28.9. The molecule has 0 radical (unpaired) electrons. The number of nitrogens with one attached hydrogen (secondary N) is 1. The molecule has 40 heavy (non-hydrogen) atoms. The number of anilines is 1. The van der Waals surface area contributed by atoms with Crippen LogP contribution >= 0.6 is 11.6 Å². The minimum atomic E-state index is -4.16. The summed E-state index contributed by atoms with van der Waals surface area (Å²) in [5.41, 5.74) is 2.00. The van der Waals surface area contributed by atoms with Gasteiger partial charge in [0.2, 0.25) is 11.8 Å². The average Bonchev–Trinajstić information content (AvgIpc) is 2.98. The van der Waals surface area contributed by atoms with Crippen LogP contribution in [0.5, 0.6) is 0 Å². The summed E-state index contributed by atoms with van der Waals surface area (Å²) in [6.07, 6.45) is 0.258. The molecular weight excluding hydrogens is 546 g/mol. The van der Waals surface area contributed by atoms with Crippen molar-refractivity contribution in [1.82, 2.24) is 10.2 Å². The van der Waals surface area contributed by atoms with Gasteiger partial charge in [-0.2, -0.15) is 0 Å². The molecule has 4 aromatic rings. The molecule has 0 unspecified atom stereocenters. The van der Waals surface area contributed by atoms with Crippen molar-refractivity contribution in [3.63, 3.8) is 0 Å². The van der Waals surface area contributed by atoms with Gasteiger partial charge in [0.1, 0.15) is 12.6 Å². The van der Waals surface area contributed by atoms with Crippen molar-refractivity contribution >= 4 is 39.1 Å². The summed E-state index contributed by atoms with van der Waals surface area (Å²) in [7, 11) is -2.64. The van der Waals surface area contributed by atoms with Gasteiger partial charge in [0.15, 0.2) is 0 Å². The van der Waals surface area contributed by atoms with Gasteiger partial charge in [0, 0.05) is 25.0 Å². The van der Waals surface area contributed by atoms with Crippen LogP contribution < -0.4 is 9.62 Å². The fraction of sp³-hybridized carbons (Fsp3) is 0.161. The molecule has 7 nitrogen and oxygen atoms in total. The number of para-hydroxylation sites is 1. The van der Waals surface area contributed by atoms with E-state index in [1.807, 2.05) is 60.7 Å². The zero-order valence-electron chi connectivity index (χ0n) is 22.0. The molecule has 0 aliphatic heterocycles. The molecule has 2 amide bonds. The molecule has 9 heteroatoms. The SMILES string of the molecule is CNC(=O)[C@H](Cc1ccccc1)N(Cc1ccccc1)C(=O)CN(c1ccccc1)S(=O)(=O)c1ccc(Cl)cc1. The Bertz CT molecular complexity index is 1520. The number of halogens is 1. The summed E-state index contributed by atoms with van der Waals surface area (Å²) >= 11 is 6.00. The number of amides is 2. The van der Waals surface area contributed by atoms with Crippen LogP contribution in [0.25, 0.3) is 0 Å². The fourth-order valence-corrected chi connectivity index (χ4v) is 5.90. The molecule has 4 rings (SSSR count). The second kappa shape index (κ2) is 13.3. The van der Waals surface area contributed by atoms with E-state index < -0.39 is 28.5 Å². The second-order valence-corrected chi connectivity index (χ2v) is 11.4. The van der Waals surface area contributed by atoms with Crippen LogP contribution in [0, 0.1) is 0 Å². The lowest BCUT2D eigenvalue weighted by Crippen LogP contribution is -2.53. The van der Waals surface area contributed by atoms with Gasteiger partial charge in [-0.3, -0.25) is 13.9 Å². The molecule has 0 aliphatic rings. The highest BCUT2D eigenvalue weighted by molar-refractivity contribution is 7.92. The first-order chi connectivity index (χ1) is 19.3. The molecule has 1 N–H and O–H groups in total. The Morgan fingerprint density at radius 2 is 1.30 bits per heavy atom. The van der Waals surface area contributed by atoms with E-state index in [4.69, 9.17) is 11.6 Å². The van der Waals surface area contributed by atoms with Gasteiger partial charge in [0.05, 0.1) is 10.6 Å². The highest BCUT2D eigenvalue weighted by Crippen LogP contribution is 2.25. The molecule has 0 bridgehead atoms. The lowest BCUT2D eigenvalue weighted by molar-refractivity contribution is -0.139. The van der Waals surface area contributed by atoms with Crippen molar-refractivity contribution in [3.05, 3.63) is 131 Å². The minimum Gasteiger partial charge on any atom is -0.357 e. The number of carbonyl (C=O) groups is 2. The Labute approximate surface area is 240 Å². The Balaban J connectivity index is 1.75. The highest BCUT2D eigenvalue weighted by Gasteiger charge is 2.34. The molecule has 0 saturated carbocycles. The van der Waals surface area contributed by atoms with Gasteiger partial charge in [0.25, 0.3) is 10.0 Å². The Hall–Kier alpha value is -4.14. The van der Waals surface area contributed by atoms with E-state index in [0.29, 0.717) is 10.7 Å². The van der Waals surface area contributed by atoms with Crippen molar-refractivity contribution in [1.29, 1.82) is 0 Å². The van der Waals surface area contributed by atoms with Crippen LogP contribution in [0.15, 0.2) is 120 Å². The third kappa shape index (κ3) is 7.08. The number of nitrogens with zero attached hydrogens (tertiary/aromatic N) is 2. The van der Waals surface area contributed by atoms with Crippen LogP contribution in [-0.4, -0.2) is 44.8 Å². The van der Waals surface area contributed by atoms with Crippen molar-refractivity contribution in [2.45, 2.75) is 23.9 Å². The van der Waals surface area contributed by atoms with Gasteiger partial charge in [-0.1, -0.05) is 90.5 Å². The number of likely N-dealkylation sites (N-methyl/N-ethyl adjacent to an activating group) is 1. The Morgan fingerprint density at radius 3 is 1.85 bits per heavy atom. The average molecular weight is 576 g/mol. The predicted octanol–water partition coefficient (Wildman–Crippen LogP) is 4.92. The Morgan fingerprint density at radius 1 is 0.775 bits per heavy atom. The van der Waals surface area contributed by atoms with Crippen molar-refractivity contribution in [3.8, 4) is 0 Å². The maximum Gasteiger partial charge on any atom is 0.264 e. The van der Waals surface area contributed by atoms with Crippen molar-refractivity contribution < 1.29 is 18.0 Å². The van der Waals surface area contributed by atoms with Crippen LogP contribution in [0.4, 0.5) is 5.69 Å². The summed E-state index contributed by atoms with van der Waals surface area (Å²) in [6, 6.07) is 32.0. The van der Waals surface area contributed by atoms with E-state index in [9.17, 15) is 18.0 Å². The summed E-state index contributed by atoms with van der Waals surface area (Å²) in [4.78, 5) is 28.8. The maximum atomic E-state index is 14.1. The van der Waals surface area contributed by atoms with Crippen LogP contribution in [0.3, 0.4) is 0 Å². The number of benzene rings is 4. The second-order valence-electron chi connectivity index (χ2n) is 9.13. The molecule has 0 spiro atoms. The molecule has 0 aliphatic carbocycles. The number of rotatable bonds is 11. The molecule has 0 saturated heterocycles. The lowest BCUT2D eigenvalue weighted by atomic mass is 10.0. The van der Waals surface area contributed by atoms with Gasteiger partial charge < -0.3 is 10.2 Å². The zero-order valence-corrected chi connectivity index (χ0v) is 23.6. The quantitative estimate of drug-likeness (QED) is 0.275. The van der Waals surface area contributed by atoms with Gasteiger partial charge in [-0.15, -0.1) is 0 Å². The number of hydrogen-bond acceptors (Lipinski definition) is 4. The molecule has 0 aromatic heterocycles. The minimum absolute atomic E-state index is 0.00435. The molecule has 206 valence electrons. The van der Waals surface area contributed by atoms with E-state index in [-0.39, 0.29) is 23.8 Å². The zero-order chi connectivity index (χ0) is 28.5. The fourth-order valence-electron chi connectivity index (χ4n) is 4.36. The van der Waals surface area contributed by atoms with E-state index >= 15 is 0 Å². The number of carbonyl (C=O) groups excluding carboxylic acids is 2. The third-order valence-electron chi connectivity index (χ3n) is 6.44. The summed E-state index contributed by atoms with van der Waals surface area (Å²) in [5, 5.41) is 3.07. The van der Waals surface area contributed by atoms with Gasteiger partial charge in [-0.05, 0) is 47.5 Å². The maximum absolute atomic E-state index is 14.1. The first-order valence-electron chi connectivity index (χ1n) is 12.7. The number of hydrogen-bond donors (Lipinski definition) is 1. The van der Waals surface area contributed by atoms with E-state index in [1.54, 1.807) is 30.3 Å². The number of sulfonamides is 1. The van der Waals surface area contributed by atoms with Gasteiger partial charge in [-0.25, -0.2) is 8.42 Å². The lowest BCUT2D eigenvalue weighted by Gasteiger charge is -2.33. The normalized spacial score (nSPS) is 11.8. The first-order valence-corrected chi connectivity index (χ1v) is 14.5. The predicted molar refractivity (Wildman–Crippen MR) is 157 cm³/mol. The molecular formula is C31H30ClN3O4S. The summed E-state index contributed by atoms with van der Waals surface area (Å²) in [6.45, 7) is -0.391. The highest BCUT2D eigenvalue weighted by atomic mass is 35.5. The Kier molecular flexibility index (Phi) is 9.58. The monoisotopic (exact) mass is 575 g/mol. The van der Waals surface area contributed by atoms with Crippen LogP contribution in [0.1, 0.15) is 11.1 Å². The summed E-state index contributed by atoms with van der Waals surface area (Å²) in [5.74, 6) is -0.866. The van der Waals surface area contributed by atoms with E-state index in [2.05, 4.69) is 5.32 Å². The van der Waals surface area contributed by atoms with Crippen LogP contribution in [0.2, 0.25) is 5.02 Å². The van der Waals surface area contributed by atoms with Gasteiger partial charge >= 0.3 is 0 Å². The summed E-state index contributed by atoms with van der Waals surface area (Å²) < 4.78 is 28.8. The molecule has 1 atom stereocenters. The molecule has 0 heterocycles. The molecule has 0 fully saturated rings. The largest absolute Gasteiger partial charge is 0.357 e. The van der Waals surface area contributed by atoms with Crippen molar-refractivity contribution in [2.24, 2.45) is 0 Å². The standard InChI is InChI=1S/C31H30ClN3O4S/c1-33-31(37)29(21-24-11-5-2-6-12-24)34(22-25-13-7-3-8-14-25)30(36)23-35(27-15-9-4-10-16-27)40(38,39)28-19-17-26(32)18-20-28/h2-20,29H,21-23H2,1H3,(H,33,37)/t29-/m0/s1. The van der Waals surface area contributed by atoms with E-state index in [0.717, 1.165) is 15.4 Å². The molecule has 4 aromatic carbocycles. The smallest absolute Gasteiger partial charge is 0.264 e. The van der Waals surface area contributed by atoms with E-state index in [1.165, 1.54) is 36.2 Å².